The fraction of sp³-hybridized carbons (Fsp3) is 0.188. The number of H-pyrrole nitrogens is 1. The van der Waals surface area contributed by atoms with Crippen LogP contribution in [0.25, 0.3) is 10.2 Å². The number of fused-ring (bicyclic) bond motifs is 1. The lowest BCUT2D eigenvalue weighted by atomic mass is 10.3. The maximum atomic E-state index is 12.0. The fourth-order valence-electron chi connectivity index (χ4n) is 2.11. The molecule has 3 rings (SSSR count). The van der Waals surface area contributed by atoms with Crippen molar-refractivity contribution in [2.45, 2.75) is 12.1 Å². The number of thiophene rings is 1. The van der Waals surface area contributed by atoms with Crippen LogP contribution in [0.1, 0.15) is 4.88 Å². The molecule has 0 fully saturated rings. The SMILES string of the molecule is COc1ccc(NC(=O)CSc2nc3sc(C)cc3c(=O)[nH]2)cc1. The zero-order chi connectivity index (χ0) is 17.1. The lowest BCUT2D eigenvalue weighted by Gasteiger charge is -2.06. The van der Waals surface area contributed by atoms with Crippen molar-refractivity contribution in [3.8, 4) is 5.75 Å². The predicted molar refractivity (Wildman–Crippen MR) is 97.3 cm³/mol. The van der Waals surface area contributed by atoms with Crippen LogP contribution in [-0.4, -0.2) is 28.7 Å². The normalized spacial score (nSPS) is 10.8. The molecule has 0 spiro atoms. The molecule has 1 amide bonds. The molecule has 0 unspecified atom stereocenters. The molecule has 0 aliphatic heterocycles. The van der Waals surface area contributed by atoms with E-state index >= 15 is 0 Å². The van der Waals surface area contributed by atoms with Crippen molar-refractivity contribution in [2.24, 2.45) is 0 Å². The van der Waals surface area contributed by atoms with Gasteiger partial charge in [0, 0.05) is 10.6 Å². The van der Waals surface area contributed by atoms with E-state index in [0.717, 1.165) is 10.6 Å². The zero-order valence-corrected chi connectivity index (χ0v) is 14.7. The Morgan fingerprint density at radius 3 is 2.83 bits per heavy atom. The number of nitrogens with one attached hydrogen (secondary N) is 2. The van der Waals surface area contributed by atoms with Gasteiger partial charge in [0.05, 0.1) is 18.2 Å². The van der Waals surface area contributed by atoms with Crippen LogP contribution in [0.2, 0.25) is 0 Å². The molecule has 0 atom stereocenters. The first-order valence-electron chi connectivity index (χ1n) is 7.12. The summed E-state index contributed by atoms with van der Waals surface area (Å²) in [5, 5.41) is 3.82. The smallest absolute Gasteiger partial charge is 0.260 e. The van der Waals surface area contributed by atoms with E-state index in [1.165, 1.54) is 23.1 Å². The Morgan fingerprint density at radius 1 is 1.38 bits per heavy atom. The summed E-state index contributed by atoms with van der Waals surface area (Å²) < 4.78 is 5.07. The number of aromatic amines is 1. The molecular formula is C16H15N3O3S2. The minimum absolute atomic E-state index is 0.158. The van der Waals surface area contributed by atoms with Gasteiger partial charge in [0.2, 0.25) is 5.91 Å². The molecule has 24 heavy (non-hydrogen) atoms. The molecule has 6 nitrogen and oxygen atoms in total. The van der Waals surface area contributed by atoms with Crippen molar-refractivity contribution in [1.29, 1.82) is 0 Å². The van der Waals surface area contributed by atoms with Gasteiger partial charge in [-0.05, 0) is 37.3 Å². The number of carbonyl (C=O) groups is 1. The molecule has 0 aliphatic rings. The number of thioether (sulfide) groups is 1. The van der Waals surface area contributed by atoms with E-state index in [1.807, 2.05) is 13.0 Å². The summed E-state index contributed by atoms with van der Waals surface area (Å²) >= 11 is 2.66. The summed E-state index contributed by atoms with van der Waals surface area (Å²) in [7, 11) is 1.59. The van der Waals surface area contributed by atoms with E-state index in [4.69, 9.17) is 4.74 Å². The molecule has 2 N–H and O–H groups in total. The molecule has 8 heteroatoms. The lowest BCUT2D eigenvalue weighted by Crippen LogP contribution is -2.15. The lowest BCUT2D eigenvalue weighted by molar-refractivity contribution is -0.113. The van der Waals surface area contributed by atoms with Crippen LogP contribution in [0.5, 0.6) is 5.75 Å². The number of anilines is 1. The Morgan fingerprint density at radius 2 is 2.12 bits per heavy atom. The molecule has 0 saturated carbocycles. The van der Waals surface area contributed by atoms with Crippen molar-refractivity contribution in [1.82, 2.24) is 9.97 Å². The van der Waals surface area contributed by atoms with Crippen LogP contribution in [0.3, 0.4) is 0 Å². The Hall–Kier alpha value is -2.32. The fourth-order valence-corrected chi connectivity index (χ4v) is 3.70. The second-order valence-electron chi connectivity index (χ2n) is 5.01. The minimum atomic E-state index is -0.178. The van der Waals surface area contributed by atoms with Crippen molar-refractivity contribution < 1.29 is 9.53 Å². The van der Waals surface area contributed by atoms with E-state index in [9.17, 15) is 9.59 Å². The number of methoxy groups -OCH3 is 1. The quantitative estimate of drug-likeness (QED) is 0.539. The summed E-state index contributed by atoms with van der Waals surface area (Å²) in [6.07, 6.45) is 0. The van der Waals surface area contributed by atoms with Gasteiger partial charge in [-0.3, -0.25) is 9.59 Å². The average Bonchev–Trinajstić information content (AvgIpc) is 2.95. The Bertz CT molecular complexity index is 932. The number of carbonyl (C=O) groups excluding carboxylic acids is 1. The summed E-state index contributed by atoms with van der Waals surface area (Å²) in [6.45, 7) is 1.93. The molecule has 124 valence electrons. The Balaban J connectivity index is 1.64. The number of aromatic nitrogens is 2. The molecule has 2 aromatic heterocycles. The van der Waals surface area contributed by atoms with Crippen molar-refractivity contribution in [3.63, 3.8) is 0 Å². The molecule has 2 heterocycles. The molecule has 0 aliphatic carbocycles. The van der Waals surface area contributed by atoms with Crippen molar-refractivity contribution >= 4 is 44.9 Å². The third-order valence-electron chi connectivity index (χ3n) is 3.22. The third kappa shape index (κ3) is 3.77. The predicted octanol–water partition coefficient (Wildman–Crippen LogP) is 3.03. The third-order valence-corrected chi connectivity index (χ3v) is 5.04. The van der Waals surface area contributed by atoms with Gasteiger partial charge in [-0.15, -0.1) is 11.3 Å². The highest BCUT2D eigenvalue weighted by atomic mass is 32.2. The minimum Gasteiger partial charge on any atom is -0.497 e. The Labute approximate surface area is 146 Å². The number of amides is 1. The standard InChI is InChI=1S/C16H15N3O3S2/c1-9-7-12-14(21)18-16(19-15(12)24-9)23-8-13(20)17-10-3-5-11(22-2)6-4-10/h3-7H,8H2,1-2H3,(H,17,20)(H,18,19,21). The van der Waals surface area contributed by atoms with E-state index < -0.39 is 0 Å². The second kappa shape index (κ2) is 7.06. The van der Waals surface area contributed by atoms with E-state index in [0.29, 0.717) is 21.1 Å². The zero-order valence-electron chi connectivity index (χ0n) is 13.1. The summed E-state index contributed by atoms with van der Waals surface area (Å²) in [6, 6.07) is 8.89. The number of benzene rings is 1. The van der Waals surface area contributed by atoms with Gasteiger partial charge in [-0.1, -0.05) is 11.8 Å². The van der Waals surface area contributed by atoms with E-state index in [2.05, 4.69) is 15.3 Å². The maximum Gasteiger partial charge on any atom is 0.260 e. The molecule has 1 aromatic carbocycles. The van der Waals surface area contributed by atoms with E-state index in [-0.39, 0.29) is 17.2 Å². The number of hydrogen-bond acceptors (Lipinski definition) is 6. The second-order valence-corrected chi connectivity index (χ2v) is 7.21. The average molecular weight is 361 g/mol. The molecule has 0 bridgehead atoms. The Kier molecular flexibility index (Phi) is 4.86. The van der Waals surface area contributed by atoms with Crippen LogP contribution < -0.4 is 15.6 Å². The van der Waals surface area contributed by atoms with Crippen molar-refractivity contribution in [3.05, 3.63) is 45.6 Å². The highest BCUT2D eigenvalue weighted by Gasteiger charge is 2.10. The van der Waals surface area contributed by atoms with E-state index in [1.54, 1.807) is 31.4 Å². The number of nitrogens with zero attached hydrogens (tertiary/aromatic N) is 1. The number of rotatable bonds is 5. The summed E-state index contributed by atoms with van der Waals surface area (Å²) in [5.74, 6) is 0.712. The highest BCUT2D eigenvalue weighted by molar-refractivity contribution is 7.99. The number of aryl methyl sites for hydroxylation is 1. The first-order chi connectivity index (χ1) is 11.5. The first kappa shape index (κ1) is 16.5. The number of hydrogen-bond donors (Lipinski definition) is 2. The van der Waals surface area contributed by atoms with Crippen molar-refractivity contribution in [2.75, 3.05) is 18.2 Å². The van der Waals surface area contributed by atoms with Gasteiger partial charge in [-0.25, -0.2) is 4.98 Å². The van der Waals surface area contributed by atoms with Gasteiger partial charge in [0.1, 0.15) is 10.6 Å². The topological polar surface area (TPSA) is 84.1 Å². The van der Waals surface area contributed by atoms with Crippen LogP contribution in [0.15, 0.2) is 40.3 Å². The largest absolute Gasteiger partial charge is 0.497 e. The number of ether oxygens (including phenoxy) is 1. The maximum absolute atomic E-state index is 12.0. The van der Waals surface area contributed by atoms with Gasteiger partial charge >= 0.3 is 0 Å². The molecule has 0 saturated heterocycles. The molecule has 0 radical (unpaired) electrons. The van der Waals surface area contributed by atoms with Crippen LogP contribution in [0, 0.1) is 6.92 Å². The summed E-state index contributed by atoms with van der Waals surface area (Å²) in [5.41, 5.74) is 0.509. The first-order valence-corrected chi connectivity index (χ1v) is 8.92. The highest BCUT2D eigenvalue weighted by Crippen LogP contribution is 2.22. The van der Waals surface area contributed by atoms with Crippen LogP contribution in [0.4, 0.5) is 5.69 Å². The van der Waals surface area contributed by atoms with Crippen LogP contribution in [-0.2, 0) is 4.79 Å². The molecular weight excluding hydrogens is 346 g/mol. The molecule has 3 aromatic rings. The van der Waals surface area contributed by atoms with Crippen LogP contribution >= 0.6 is 23.1 Å². The van der Waals surface area contributed by atoms with Gasteiger partial charge in [-0.2, -0.15) is 0 Å². The van der Waals surface area contributed by atoms with Gasteiger partial charge in [0.25, 0.3) is 5.56 Å². The monoisotopic (exact) mass is 361 g/mol. The summed E-state index contributed by atoms with van der Waals surface area (Å²) in [4.78, 5) is 32.8. The van der Waals surface area contributed by atoms with Gasteiger partial charge < -0.3 is 15.0 Å². The van der Waals surface area contributed by atoms with Gasteiger partial charge in [0.15, 0.2) is 5.16 Å².